The van der Waals surface area contributed by atoms with Crippen LogP contribution in [-0.4, -0.2) is 67.7 Å². The molecule has 45 heavy (non-hydrogen) atoms. The van der Waals surface area contributed by atoms with Crippen molar-refractivity contribution in [3.05, 3.63) is 90.3 Å². The zero-order valence-electron chi connectivity index (χ0n) is 23.5. The fourth-order valence-corrected chi connectivity index (χ4v) is 3.85. The van der Waals surface area contributed by atoms with Crippen LogP contribution in [0.4, 0.5) is 23.8 Å². The molecule has 0 aliphatic carbocycles. The van der Waals surface area contributed by atoms with Crippen LogP contribution >= 0.6 is 0 Å². The molecule has 0 unspecified atom stereocenters. The van der Waals surface area contributed by atoms with Crippen molar-refractivity contribution in [1.82, 2.24) is 25.8 Å². The molecule has 0 aliphatic heterocycles. The summed E-state index contributed by atoms with van der Waals surface area (Å²) < 4.78 is 37.0. The Morgan fingerprint density at radius 1 is 0.889 bits per heavy atom. The average molecular weight is 631 g/mol. The van der Waals surface area contributed by atoms with Gasteiger partial charge in [-0.05, 0) is 48.7 Å². The predicted octanol–water partition coefficient (Wildman–Crippen LogP) is 4.31. The number of pyridine rings is 1. The Hall–Kier alpha value is -5.67. The molecule has 0 spiro atoms. The first-order valence-electron chi connectivity index (χ1n) is 13.3. The van der Waals surface area contributed by atoms with E-state index in [1.807, 2.05) is 24.3 Å². The van der Waals surface area contributed by atoms with E-state index in [1.54, 1.807) is 54.9 Å². The van der Waals surface area contributed by atoms with E-state index in [9.17, 15) is 32.7 Å². The number of nitrogens with one attached hydrogen (secondary N) is 4. The van der Waals surface area contributed by atoms with E-state index in [2.05, 4.69) is 31.1 Å². The number of amides is 2. The summed E-state index contributed by atoms with van der Waals surface area (Å²) >= 11 is 0. The maximum Gasteiger partial charge on any atom is 0.490 e. The summed E-state index contributed by atoms with van der Waals surface area (Å²) in [6, 6.07) is 19.3. The topological polar surface area (TPSA) is 196 Å². The predicted molar refractivity (Wildman–Crippen MR) is 154 cm³/mol. The number of alkyl halides is 3. The molecule has 2 amide bonds. The van der Waals surface area contributed by atoms with E-state index in [-0.39, 0.29) is 18.6 Å². The fraction of sp³-hybridized carbons (Fsp3) is 0.241. The number of anilines is 1. The number of nitrogens with zero attached hydrogens (tertiary/aromatic N) is 2. The molecule has 0 fully saturated rings. The van der Waals surface area contributed by atoms with Crippen LogP contribution in [0.1, 0.15) is 35.2 Å². The molecule has 238 valence electrons. The maximum absolute atomic E-state index is 13.1. The number of carboxylic acids is 2. The lowest BCUT2D eigenvalue weighted by atomic mass is 10.0. The first-order valence-corrected chi connectivity index (χ1v) is 13.3. The zero-order valence-corrected chi connectivity index (χ0v) is 23.5. The van der Waals surface area contributed by atoms with Crippen molar-refractivity contribution in [2.45, 2.75) is 37.7 Å². The summed E-state index contributed by atoms with van der Waals surface area (Å²) in [6.07, 6.45) is -1.97. The average Bonchev–Trinajstić information content (AvgIpc) is 3.49. The van der Waals surface area contributed by atoms with Crippen LogP contribution < -0.4 is 16.0 Å². The Balaban J connectivity index is 0.000000707. The highest BCUT2D eigenvalue weighted by atomic mass is 19.4. The van der Waals surface area contributed by atoms with Crippen LogP contribution in [0, 0.1) is 0 Å². The number of rotatable bonds is 12. The highest BCUT2D eigenvalue weighted by Gasteiger charge is 2.42. The molecule has 1 atom stereocenters. The van der Waals surface area contributed by atoms with Gasteiger partial charge in [0.1, 0.15) is 12.4 Å². The Morgan fingerprint density at radius 3 is 2.24 bits per heavy atom. The minimum absolute atomic E-state index is 0.0541. The number of alkyl carbamates (subject to hydrolysis) is 1. The second-order valence-corrected chi connectivity index (χ2v) is 9.43. The van der Waals surface area contributed by atoms with Crippen molar-refractivity contribution < 1.29 is 47.3 Å². The lowest BCUT2D eigenvalue weighted by molar-refractivity contribution is -0.192. The van der Waals surface area contributed by atoms with E-state index < -0.39 is 35.8 Å². The summed E-state index contributed by atoms with van der Waals surface area (Å²) in [5.74, 6) is -4.13. The molecule has 4 rings (SSSR count). The van der Waals surface area contributed by atoms with Crippen LogP contribution in [0.2, 0.25) is 0 Å². The molecule has 16 heteroatoms. The number of aliphatic carboxylic acids is 2. The van der Waals surface area contributed by atoms with Crippen LogP contribution in [0.5, 0.6) is 0 Å². The molecule has 2 aromatic heterocycles. The van der Waals surface area contributed by atoms with E-state index in [1.165, 1.54) is 0 Å². The number of fused-ring (bicyclic) bond motifs is 1. The van der Waals surface area contributed by atoms with Crippen LogP contribution in [0.3, 0.4) is 0 Å². The molecule has 4 aromatic rings. The Labute approximate surface area is 253 Å². The number of benzene rings is 2. The first kappa shape index (κ1) is 33.8. The Morgan fingerprint density at radius 2 is 1.60 bits per heavy atom. The summed E-state index contributed by atoms with van der Waals surface area (Å²) in [5, 5.41) is 32.8. The quantitative estimate of drug-likeness (QED) is 0.0970. The van der Waals surface area contributed by atoms with Gasteiger partial charge in [-0.25, -0.2) is 19.4 Å². The number of aromatic amines is 1. The summed E-state index contributed by atoms with van der Waals surface area (Å²) in [6.45, 7) is 0.470. The number of aromatic nitrogens is 3. The number of carboxylic acid groups (broad SMARTS) is 2. The minimum Gasteiger partial charge on any atom is -0.478 e. The van der Waals surface area contributed by atoms with Gasteiger partial charge in [0.2, 0.25) is 5.66 Å². The monoisotopic (exact) mass is 630 g/mol. The van der Waals surface area contributed by atoms with Crippen LogP contribution in [0.15, 0.2) is 79.1 Å². The van der Waals surface area contributed by atoms with Gasteiger partial charge in [-0.15, -0.1) is 0 Å². The third-order valence-corrected chi connectivity index (χ3v) is 6.11. The number of carbonyl (C=O) groups excluding carboxylic acids is 2. The number of carbonyl (C=O) groups is 4. The van der Waals surface area contributed by atoms with Crippen molar-refractivity contribution in [3.63, 3.8) is 0 Å². The van der Waals surface area contributed by atoms with E-state index in [0.717, 1.165) is 11.1 Å². The molecule has 13 nitrogen and oxygen atoms in total. The van der Waals surface area contributed by atoms with Crippen LogP contribution in [0.25, 0.3) is 10.9 Å². The van der Waals surface area contributed by atoms with E-state index in [0.29, 0.717) is 30.6 Å². The van der Waals surface area contributed by atoms with Gasteiger partial charge in [0.05, 0.1) is 11.7 Å². The van der Waals surface area contributed by atoms with Gasteiger partial charge in [0.25, 0.3) is 5.91 Å². The normalized spacial score (nSPS) is 12.2. The molecule has 0 bridgehead atoms. The van der Waals surface area contributed by atoms with Crippen molar-refractivity contribution in [2.75, 3.05) is 11.9 Å². The summed E-state index contributed by atoms with van der Waals surface area (Å²) in [7, 11) is 0. The lowest BCUT2D eigenvalue weighted by Crippen LogP contribution is -2.65. The van der Waals surface area contributed by atoms with Gasteiger partial charge in [0, 0.05) is 30.1 Å². The number of H-pyrrole nitrogens is 1. The van der Waals surface area contributed by atoms with E-state index >= 15 is 0 Å². The lowest BCUT2D eigenvalue weighted by Gasteiger charge is -2.31. The van der Waals surface area contributed by atoms with E-state index in [4.69, 9.17) is 14.6 Å². The largest absolute Gasteiger partial charge is 0.490 e. The Kier molecular flexibility index (Phi) is 11.8. The van der Waals surface area contributed by atoms with Crippen molar-refractivity contribution in [2.24, 2.45) is 0 Å². The van der Waals surface area contributed by atoms with Crippen molar-refractivity contribution in [1.29, 1.82) is 0 Å². The van der Waals surface area contributed by atoms with Crippen LogP contribution in [-0.2, 0) is 20.9 Å². The molecule has 0 saturated carbocycles. The number of unbranched alkanes of at least 4 members (excludes halogenated alkanes) is 1. The van der Waals surface area contributed by atoms with Gasteiger partial charge < -0.3 is 25.6 Å². The smallest absolute Gasteiger partial charge is 0.478 e. The van der Waals surface area contributed by atoms with Gasteiger partial charge in [0.15, 0.2) is 0 Å². The van der Waals surface area contributed by atoms with Gasteiger partial charge >= 0.3 is 24.2 Å². The highest BCUT2D eigenvalue weighted by molar-refractivity contribution is 6.01. The molecule has 2 aromatic carbocycles. The third-order valence-electron chi connectivity index (χ3n) is 6.11. The highest BCUT2D eigenvalue weighted by Crippen LogP contribution is 2.18. The minimum atomic E-state index is -5.08. The molecule has 6 N–H and O–H groups in total. The molecule has 0 radical (unpaired) electrons. The molecule has 2 heterocycles. The summed E-state index contributed by atoms with van der Waals surface area (Å²) in [5.41, 5.74) is -0.405. The number of hydrogen-bond acceptors (Lipinski definition) is 8. The number of hydrogen-bond donors (Lipinski definition) is 6. The third kappa shape index (κ3) is 10.5. The van der Waals surface area contributed by atoms with Gasteiger partial charge in [-0.1, -0.05) is 36.4 Å². The van der Waals surface area contributed by atoms with Gasteiger partial charge in [-0.3, -0.25) is 15.2 Å². The number of halogens is 3. The molecule has 0 saturated heterocycles. The van der Waals surface area contributed by atoms with Crippen molar-refractivity contribution in [3.8, 4) is 0 Å². The Bertz CT molecular complexity index is 1590. The maximum atomic E-state index is 13.1. The second kappa shape index (κ2) is 15.7. The SMILES string of the molecule is O=C(N[C@](CCCCNc1ccccn1)(NC(=O)c1ccc2[nH]ncc2c1)C(=O)O)OCc1ccccc1.O=C(O)C(F)(F)F. The molecule has 0 aliphatic rings. The number of ether oxygens (including phenoxy) is 1. The zero-order chi connectivity index (χ0) is 32.9. The molecular formula is C29H29F3N6O7. The fourth-order valence-electron chi connectivity index (χ4n) is 3.85. The van der Waals surface area contributed by atoms with Gasteiger partial charge in [-0.2, -0.15) is 18.3 Å². The van der Waals surface area contributed by atoms with Crippen molar-refractivity contribution >= 4 is 40.7 Å². The standard InChI is InChI=1S/C27H28N6O5.C2HF3O2/c34-24(20-11-12-22-21(16-20)17-30-33-22)31-27(25(35)36,13-5-7-15-29-23-10-4-6-14-28-23)32-26(37)38-18-19-8-2-1-3-9-19;3-2(4,5)1(6)7/h1-4,6,8-12,14,16-17H,5,7,13,15,18H2,(H,28,29)(H,30,33)(H,31,34)(H,32,37)(H,35,36);(H,6,7)/t27-;/m0./s1. The summed E-state index contributed by atoms with van der Waals surface area (Å²) in [4.78, 5) is 51.4. The second-order valence-electron chi connectivity index (χ2n) is 9.43. The first-order chi connectivity index (χ1) is 21.4. The molecular weight excluding hydrogens is 601 g/mol.